The monoisotopic (exact) mass is 180 g/mol. The maximum Gasteiger partial charge on any atom is 0.0220 e. The molecule has 1 aromatic heterocycles. The summed E-state index contributed by atoms with van der Waals surface area (Å²) in [5, 5.41) is 3.17. The Morgan fingerprint density at radius 1 is 1.38 bits per heavy atom. The Bertz CT molecular complexity index is 279. The normalized spacial score (nSPS) is 12.1. The average Bonchev–Trinajstić information content (AvgIpc) is 2.32. The molecule has 0 amide bonds. The summed E-state index contributed by atoms with van der Waals surface area (Å²) in [7, 11) is 1.98. The van der Waals surface area contributed by atoms with Gasteiger partial charge >= 0.3 is 0 Å². The second-order valence-corrected chi connectivity index (χ2v) is 4.61. The van der Waals surface area contributed by atoms with E-state index in [1.54, 1.807) is 0 Å². The molecule has 2 nitrogen and oxygen atoms in total. The zero-order valence-corrected chi connectivity index (χ0v) is 9.28. The summed E-state index contributed by atoms with van der Waals surface area (Å²) in [5.41, 5.74) is 4.18. The lowest BCUT2D eigenvalue weighted by molar-refractivity contribution is 0.571. The molecule has 0 aliphatic heterocycles. The van der Waals surface area contributed by atoms with Crippen LogP contribution in [0.1, 0.15) is 37.7 Å². The van der Waals surface area contributed by atoms with Gasteiger partial charge in [0.15, 0.2) is 0 Å². The number of rotatable bonds is 2. The number of aryl methyl sites for hydroxylation is 1. The van der Waals surface area contributed by atoms with E-state index >= 15 is 0 Å². The molecule has 0 radical (unpaired) electrons. The minimum Gasteiger partial charge on any atom is -0.362 e. The summed E-state index contributed by atoms with van der Waals surface area (Å²) in [4.78, 5) is 3.43. The van der Waals surface area contributed by atoms with Crippen molar-refractivity contribution in [2.45, 2.75) is 39.7 Å². The van der Waals surface area contributed by atoms with Crippen LogP contribution < -0.4 is 5.32 Å². The molecule has 0 unspecified atom stereocenters. The van der Waals surface area contributed by atoms with Gasteiger partial charge in [-0.1, -0.05) is 20.8 Å². The van der Waals surface area contributed by atoms with Crippen molar-refractivity contribution in [3.63, 3.8) is 0 Å². The molecular weight excluding hydrogens is 160 g/mol. The molecule has 0 aromatic carbocycles. The van der Waals surface area contributed by atoms with Gasteiger partial charge in [0.1, 0.15) is 0 Å². The SMILES string of the molecule is CNCc1cc(C(C)(C)C)[nH]c1C. The van der Waals surface area contributed by atoms with E-state index in [4.69, 9.17) is 0 Å². The van der Waals surface area contributed by atoms with Crippen LogP contribution in [-0.2, 0) is 12.0 Å². The number of hydrogen-bond acceptors (Lipinski definition) is 1. The molecule has 0 saturated carbocycles. The Hall–Kier alpha value is -0.760. The summed E-state index contributed by atoms with van der Waals surface area (Å²) >= 11 is 0. The molecule has 0 bridgehead atoms. The van der Waals surface area contributed by atoms with Crippen LogP contribution in [0.25, 0.3) is 0 Å². The minimum absolute atomic E-state index is 0.219. The summed E-state index contributed by atoms with van der Waals surface area (Å²) < 4.78 is 0. The van der Waals surface area contributed by atoms with Crippen molar-refractivity contribution in [3.8, 4) is 0 Å². The minimum atomic E-state index is 0.219. The molecule has 0 aliphatic rings. The summed E-state index contributed by atoms with van der Waals surface area (Å²) in [6.07, 6.45) is 0. The highest BCUT2D eigenvalue weighted by Gasteiger charge is 2.16. The van der Waals surface area contributed by atoms with Gasteiger partial charge in [-0.2, -0.15) is 0 Å². The molecule has 1 aromatic rings. The fourth-order valence-corrected chi connectivity index (χ4v) is 1.38. The van der Waals surface area contributed by atoms with Crippen molar-refractivity contribution in [1.29, 1.82) is 0 Å². The third-order valence-corrected chi connectivity index (χ3v) is 2.30. The quantitative estimate of drug-likeness (QED) is 0.718. The maximum atomic E-state index is 3.43. The van der Waals surface area contributed by atoms with E-state index in [9.17, 15) is 0 Å². The van der Waals surface area contributed by atoms with E-state index < -0.39 is 0 Å². The van der Waals surface area contributed by atoms with E-state index in [0.717, 1.165) is 6.54 Å². The molecular formula is C11H20N2. The van der Waals surface area contributed by atoms with Crippen LogP contribution in [-0.4, -0.2) is 12.0 Å². The third kappa shape index (κ3) is 2.34. The number of nitrogens with one attached hydrogen (secondary N) is 2. The fourth-order valence-electron chi connectivity index (χ4n) is 1.38. The second-order valence-electron chi connectivity index (χ2n) is 4.61. The first-order valence-corrected chi connectivity index (χ1v) is 4.78. The number of aromatic nitrogens is 1. The molecule has 0 saturated heterocycles. The van der Waals surface area contributed by atoms with E-state index in [-0.39, 0.29) is 5.41 Å². The highest BCUT2D eigenvalue weighted by atomic mass is 14.8. The Morgan fingerprint density at radius 2 is 2.00 bits per heavy atom. The zero-order chi connectivity index (χ0) is 10.1. The lowest BCUT2D eigenvalue weighted by Gasteiger charge is -2.15. The van der Waals surface area contributed by atoms with Crippen LogP contribution in [0.4, 0.5) is 0 Å². The molecule has 1 heterocycles. The fraction of sp³-hybridized carbons (Fsp3) is 0.636. The predicted octanol–water partition coefficient (Wildman–Crippen LogP) is 2.34. The smallest absolute Gasteiger partial charge is 0.0220 e. The molecule has 0 aliphatic carbocycles. The summed E-state index contributed by atoms with van der Waals surface area (Å²) in [6, 6.07) is 2.26. The van der Waals surface area contributed by atoms with Gasteiger partial charge in [0.05, 0.1) is 0 Å². The lowest BCUT2D eigenvalue weighted by Crippen LogP contribution is -2.11. The standard InChI is InChI=1S/C11H20N2/c1-8-9(7-12-5)6-10(13-8)11(2,3)4/h6,12-13H,7H2,1-5H3. The predicted molar refractivity (Wildman–Crippen MR) is 57.0 cm³/mol. The first-order valence-electron chi connectivity index (χ1n) is 4.78. The lowest BCUT2D eigenvalue weighted by atomic mass is 9.92. The largest absolute Gasteiger partial charge is 0.362 e. The van der Waals surface area contributed by atoms with Crippen molar-refractivity contribution < 1.29 is 0 Å². The first-order chi connectivity index (χ1) is 5.95. The highest BCUT2D eigenvalue weighted by molar-refractivity contribution is 5.28. The van der Waals surface area contributed by atoms with E-state index in [0.29, 0.717) is 0 Å². The number of H-pyrrole nitrogens is 1. The average molecular weight is 180 g/mol. The summed E-state index contributed by atoms with van der Waals surface area (Å²) in [6.45, 7) is 9.74. The van der Waals surface area contributed by atoms with Crippen molar-refractivity contribution in [2.24, 2.45) is 0 Å². The van der Waals surface area contributed by atoms with Gasteiger partial charge in [-0.05, 0) is 25.6 Å². The van der Waals surface area contributed by atoms with Gasteiger partial charge in [0.25, 0.3) is 0 Å². The molecule has 0 atom stereocenters. The number of aromatic amines is 1. The number of hydrogen-bond donors (Lipinski definition) is 2. The van der Waals surface area contributed by atoms with Crippen molar-refractivity contribution in [1.82, 2.24) is 10.3 Å². The molecule has 74 valence electrons. The molecule has 2 heteroatoms. The molecule has 2 N–H and O–H groups in total. The topological polar surface area (TPSA) is 27.8 Å². The Labute approximate surface area is 80.7 Å². The van der Waals surface area contributed by atoms with Crippen molar-refractivity contribution in [2.75, 3.05) is 7.05 Å². The molecule has 0 fully saturated rings. The van der Waals surface area contributed by atoms with Crippen molar-refractivity contribution in [3.05, 3.63) is 23.0 Å². The second kappa shape index (κ2) is 3.54. The van der Waals surface area contributed by atoms with Gasteiger partial charge in [0.2, 0.25) is 0 Å². The summed E-state index contributed by atoms with van der Waals surface area (Å²) in [5.74, 6) is 0. The van der Waals surface area contributed by atoms with E-state index in [1.165, 1.54) is 17.0 Å². The van der Waals surface area contributed by atoms with Crippen molar-refractivity contribution >= 4 is 0 Å². The first kappa shape index (κ1) is 10.3. The third-order valence-electron chi connectivity index (χ3n) is 2.30. The van der Waals surface area contributed by atoms with Crippen LogP contribution >= 0.6 is 0 Å². The Balaban J connectivity index is 2.95. The van der Waals surface area contributed by atoms with E-state index in [1.807, 2.05) is 7.05 Å². The van der Waals surface area contributed by atoms with Crippen LogP contribution in [0, 0.1) is 6.92 Å². The van der Waals surface area contributed by atoms with Crippen LogP contribution in [0.5, 0.6) is 0 Å². The zero-order valence-electron chi connectivity index (χ0n) is 9.28. The maximum absolute atomic E-state index is 3.43. The molecule has 0 spiro atoms. The Kier molecular flexibility index (Phi) is 2.81. The van der Waals surface area contributed by atoms with Crippen LogP contribution in [0.2, 0.25) is 0 Å². The van der Waals surface area contributed by atoms with Gasteiger partial charge in [-0.3, -0.25) is 0 Å². The van der Waals surface area contributed by atoms with Gasteiger partial charge in [0, 0.05) is 23.3 Å². The Morgan fingerprint density at radius 3 is 2.38 bits per heavy atom. The van der Waals surface area contributed by atoms with Gasteiger partial charge in [-0.25, -0.2) is 0 Å². The molecule has 1 rings (SSSR count). The van der Waals surface area contributed by atoms with Gasteiger partial charge < -0.3 is 10.3 Å². The molecule has 13 heavy (non-hydrogen) atoms. The van der Waals surface area contributed by atoms with E-state index in [2.05, 4.69) is 44.1 Å². The highest BCUT2D eigenvalue weighted by Crippen LogP contribution is 2.23. The van der Waals surface area contributed by atoms with Gasteiger partial charge in [-0.15, -0.1) is 0 Å². The van der Waals surface area contributed by atoms with Crippen LogP contribution in [0.3, 0.4) is 0 Å². The van der Waals surface area contributed by atoms with Crippen LogP contribution in [0.15, 0.2) is 6.07 Å².